The molecule has 6 nitrogen and oxygen atoms in total. The lowest BCUT2D eigenvalue weighted by molar-refractivity contribution is -0.122. The number of halogens is 3. The number of rotatable bonds is 3. The summed E-state index contributed by atoms with van der Waals surface area (Å²) >= 11 is 0. The number of alkyl halides is 3. The number of carbonyl (C=O) groups excluding carboxylic acids is 1. The van der Waals surface area contributed by atoms with Crippen LogP contribution in [0.5, 0.6) is 0 Å². The number of amides is 2. The summed E-state index contributed by atoms with van der Waals surface area (Å²) in [5.74, 6) is -0.234. The Morgan fingerprint density at radius 3 is 2.37 bits per heavy atom. The van der Waals surface area contributed by atoms with Crippen molar-refractivity contribution < 1.29 is 18.0 Å². The first-order chi connectivity index (χ1) is 8.65. The summed E-state index contributed by atoms with van der Waals surface area (Å²) < 4.78 is 36.0. The Labute approximate surface area is 109 Å². The van der Waals surface area contributed by atoms with Crippen LogP contribution in [0.2, 0.25) is 0 Å². The third kappa shape index (κ3) is 4.58. The van der Waals surface area contributed by atoms with Crippen molar-refractivity contribution in [2.75, 3.05) is 26.7 Å². The van der Waals surface area contributed by atoms with Crippen LogP contribution in [0.25, 0.3) is 0 Å². The van der Waals surface area contributed by atoms with Crippen molar-refractivity contribution in [3.05, 3.63) is 0 Å². The standard InChI is InChI=1S/C10H18F3N5O/c1-18-4-2-9(3-5-18,7(14)15)17-8(19)16-6-10(11,12)13/h2-6H2,1H3,(H3,14,15)(H2,16,17,19). The fourth-order valence-corrected chi connectivity index (χ4v) is 1.90. The molecule has 0 bridgehead atoms. The van der Waals surface area contributed by atoms with Gasteiger partial charge in [0.2, 0.25) is 0 Å². The predicted octanol–water partition coefficient (Wildman–Crippen LogP) is 0.248. The SMILES string of the molecule is CN1CCC(NC(=O)NCC(F)(F)F)(C(=N)N)CC1. The zero-order valence-electron chi connectivity index (χ0n) is 10.6. The highest BCUT2D eigenvalue weighted by Gasteiger charge is 2.38. The molecule has 0 atom stereocenters. The molecule has 19 heavy (non-hydrogen) atoms. The van der Waals surface area contributed by atoms with E-state index < -0.39 is 24.3 Å². The number of carbonyl (C=O) groups is 1. The lowest BCUT2D eigenvalue weighted by Crippen LogP contribution is -2.63. The van der Waals surface area contributed by atoms with Gasteiger partial charge in [0.15, 0.2) is 0 Å². The van der Waals surface area contributed by atoms with Gasteiger partial charge in [-0.2, -0.15) is 13.2 Å². The topological polar surface area (TPSA) is 94.2 Å². The Morgan fingerprint density at radius 2 is 1.95 bits per heavy atom. The van der Waals surface area contributed by atoms with E-state index in [2.05, 4.69) is 5.32 Å². The van der Waals surface area contributed by atoms with Gasteiger partial charge in [-0.25, -0.2) is 4.79 Å². The maximum Gasteiger partial charge on any atom is 0.405 e. The highest BCUT2D eigenvalue weighted by atomic mass is 19.4. The molecule has 9 heteroatoms. The Bertz CT molecular complexity index is 350. The number of nitrogens with two attached hydrogens (primary N) is 1. The third-order valence-electron chi connectivity index (χ3n) is 3.16. The minimum absolute atomic E-state index is 0.234. The van der Waals surface area contributed by atoms with E-state index in [9.17, 15) is 18.0 Å². The van der Waals surface area contributed by atoms with Gasteiger partial charge in [0.25, 0.3) is 0 Å². The molecule has 0 aromatic rings. The summed E-state index contributed by atoms with van der Waals surface area (Å²) in [7, 11) is 1.88. The summed E-state index contributed by atoms with van der Waals surface area (Å²) in [6.07, 6.45) is -3.66. The van der Waals surface area contributed by atoms with E-state index in [1.807, 2.05) is 11.9 Å². The molecule has 2 amide bonds. The summed E-state index contributed by atoms with van der Waals surface area (Å²) in [5.41, 5.74) is 4.42. The van der Waals surface area contributed by atoms with Crippen molar-refractivity contribution >= 4 is 11.9 Å². The maximum absolute atomic E-state index is 12.0. The molecule has 1 saturated heterocycles. The molecule has 0 aromatic heterocycles. The average Bonchev–Trinajstić information content (AvgIpc) is 2.29. The first-order valence-electron chi connectivity index (χ1n) is 5.80. The van der Waals surface area contributed by atoms with Crippen LogP contribution in [0.1, 0.15) is 12.8 Å². The monoisotopic (exact) mass is 281 g/mol. The Balaban J connectivity index is 2.59. The van der Waals surface area contributed by atoms with Crippen molar-refractivity contribution in [2.45, 2.75) is 24.6 Å². The number of nitrogens with one attached hydrogen (secondary N) is 3. The van der Waals surface area contributed by atoms with Gasteiger partial charge >= 0.3 is 12.2 Å². The smallest absolute Gasteiger partial charge is 0.386 e. The molecule has 1 fully saturated rings. The molecular weight excluding hydrogens is 263 g/mol. The van der Waals surface area contributed by atoms with E-state index >= 15 is 0 Å². The molecule has 1 aliphatic heterocycles. The van der Waals surface area contributed by atoms with E-state index in [-0.39, 0.29) is 5.84 Å². The highest BCUT2D eigenvalue weighted by Crippen LogP contribution is 2.21. The molecule has 1 rings (SSSR count). The summed E-state index contributed by atoms with van der Waals surface area (Å²) in [5, 5.41) is 11.7. The van der Waals surface area contributed by atoms with Gasteiger partial charge in [0.1, 0.15) is 17.9 Å². The van der Waals surface area contributed by atoms with Gasteiger partial charge in [0.05, 0.1) is 0 Å². The molecule has 0 aromatic carbocycles. The second-order valence-corrected chi connectivity index (χ2v) is 4.72. The molecule has 0 radical (unpaired) electrons. The van der Waals surface area contributed by atoms with Crippen LogP contribution < -0.4 is 16.4 Å². The van der Waals surface area contributed by atoms with E-state index in [4.69, 9.17) is 11.1 Å². The van der Waals surface area contributed by atoms with Gasteiger partial charge in [-0.15, -0.1) is 0 Å². The molecule has 0 unspecified atom stereocenters. The van der Waals surface area contributed by atoms with E-state index in [1.54, 1.807) is 5.32 Å². The molecule has 1 aliphatic rings. The van der Waals surface area contributed by atoms with Crippen LogP contribution in [0.15, 0.2) is 0 Å². The largest absolute Gasteiger partial charge is 0.405 e. The van der Waals surface area contributed by atoms with Gasteiger partial charge in [-0.1, -0.05) is 0 Å². The van der Waals surface area contributed by atoms with Gasteiger partial charge in [0, 0.05) is 13.1 Å². The quantitative estimate of drug-likeness (QED) is 0.441. The first kappa shape index (κ1) is 15.5. The van der Waals surface area contributed by atoms with Crippen molar-refractivity contribution in [3.63, 3.8) is 0 Å². The lowest BCUT2D eigenvalue weighted by Gasteiger charge is -2.40. The van der Waals surface area contributed by atoms with Gasteiger partial charge in [-0.3, -0.25) is 5.41 Å². The second-order valence-electron chi connectivity index (χ2n) is 4.72. The third-order valence-corrected chi connectivity index (χ3v) is 3.16. The minimum atomic E-state index is -4.46. The minimum Gasteiger partial charge on any atom is -0.386 e. The van der Waals surface area contributed by atoms with Crippen molar-refractivity contribution in [2.24, 2.45) is 5.73 Å². The molecular formula is C10H18F3N5O. The Hall–Kier alpha value is -1.51. The molecule has 0 aliphatic carbocycles. The Kier molecular flexibility index (Phi) is 4.61. The van der Waals surface area contributed by atoms with Crippen LogP contribution in [-0.4, -0.2) is 55.2 Å². The second kappa shape index (κ2) is 5.64. The van der Waals surface area contributed by atoms with E-state index in [1.165, 1.54) is 0 Å². The van der Waals surface area contributed by atoms with Gasteiger partial charge < -0.3 is 21.3 Å². The number of hydrogen-bond acceptors (Lipinski definition) is 3. The number of urea groups is 1. The number of amidine groups is 1. The molecule has 110 valence electrons. The van der Waals surface area contributed by atoms with Crippen LogP contribution in [0, 0.1) is 5.41 Å². The number of hydrogen-bond donors (Lipinski definition) is 4. The lowest BCUT2D eigenvalue weighted by atomic mass is 9.86. The fourth-order valence-electron chi connectivity index (χ4n) is 1.90. The first-order valence-corrected chi connectivity index (χ1v) is 5.80. The number of piperidine rings is 1. The number of likely N-dealkylation sites (tertiary alicyclic amines) is 1. The molecule has 0 saturated carbocycles. The molecule has 0 spiro atoms. The van der Waals surface area contributed by atoms with Gasteiger partial charge in [-0.05, 0) is 19.9 Å². The predicted molar refractivity (Wildman–Crippen MR) is 64.0 cm³/mol. The van der Waals surface area contributed by atoms with Crippen LogP contribution >= 0.6 is 0 Å². The van der Waals surface area contributed by atoms with Crippen molar-refractivity contribution in [1.82, 2.24) is 15.5 Å². The average molecular weight is 281 g/mol. The van der Waals surface area contributed by atoms with E-state index in [0.717, 1.165) is 0 Å². The van der Waals surface area contributed by atoms with Crippen LogP contribution in [0.3, 0.4) is 0 Å². The summed E-state index contributed by atoms with van der Waals surface area (Å²) in [4.78, 5) is 13.5. The summed E-state index contributed by atoms with van der Waals surface area (Å²) in [6, 6.07) is -0.961. The van der Waals surface area contributed by atoms with Crippen molar-refractivity contribution in [1.29, 1.82) is 5.41 Å². The fraction of sp³-hybridized carbons (Fsp3) is 0.800. The molecule has 5 N–H and O–H groups in total. The zero-order chi connectivity index (χ0) is 14.7. The van der Waals surface area contributed by atoms with E-state index in [0.29, 0.717) is 25.9 Å². The highest BCUT2D eigenvalue weighted by molar-refractivity contribution is 5.92. The number of nitrogens with zero attached hydrogens (tertiary/aromatic N) is 1. The zero-order valence-corrected chi connectivity index (χ0v) is 10.6. The van der Waals surface area contributed by atoms with Crippen LogP contribution in [0.4, 0.5) is 18.0 Å². The van der Waals surface area contributed by atoms with Crippen molar-refractivity contribution in [3.8, 4) is 0 Å². The normalized spacial score (nSPS) is 19.8. The van der Waals surface area contributed by atoms with Crippen LogP contribution in [-0.2, 0) is 0 Å². The summed E-state index contributed by atoms with van der Waals surface area (Å²) in [6.45, 7) is -0.190. The Morgan fingerprint density at radius 1 is 1.42 bits per heavy atom. The molecule has 1 heterocycles. The maximum atomic E-state index is 12.0.